The van der Waals surface area contributed by atoms with Crippen LogP contribution in [-0.4, -0.2) is 36.5 Å². The lowest BCUT2D eigenvalue weighted by Gasteiger charge is -2.20. The third-order valence-electron chi connectivity index (χ3n) is 3.29. The molecule has 11 heteroatoms. The molecule has 0 heterocycles. The number of esters is 2. The van der Waals surface area contributed by atoms with E-state index >= 15 is 0 Å². The summed E-state index contributed by atoms with van der Waals surface area (Å²) in [5.41, 5.74) is 0.917. The summed E-state index contributed by atoms with van der Waals surface area (Å²) in [6.07, 6.45) is -0.800. The largest absolute Gasteiger partial charge is 0.463 e. The average Bonchev–Trinajstić information content (AvgIpc) is 2.60. The predicted molar refractivity (Wildman–Crippen MR) is 129 cm³/mol. The van der Waals surface area contributed by atoms with E-state index in [-0.39, 0.29) is 30.4 Å². The molecule has 1 rings (SSSR count). The molecule has 0 saturated heterocycles. The highest BCUT2D eigenvalue weighted by Gasteiger charge is 2.30. The van der Waals surface area contributed by atoms with Gasteiger partial charge in [-0.25, -0.2) is 9.59 Å². The van der Waals surface area contributed by atoms with Crippen LogP contribution in [-0.2, 0) is 23.9 Å². The number of carbonyl (C=O) groups is 4. The van der Waals surface area contributed by atoms with E-state index < -0.39 is 18.0 Å². The van der Waals surface area contributed by atoms with E-state index in [2.05, 4.69) is 10.6 Å². The molecule has 0 saturated carbocycles. The Kier molecular flexibility index (Phi) is 10.4. The minimum Gasteiger partial charge on any atom is -0.463 e. The maximum Gasteiger partial charge on any atom is 0.347 e. The molecule has 0 fully saturated rings. The summed E-state index contributed by atoms with van der Waals surface area (Å²) in [6, 6.07) is 0. The normalized spacial score (nSPS) is 11.4. The van der Waals surface area contributed by atoms with Gasteiger partial charge < -0.3 is 20.1 Å². The number of carbonyl (C=O) groups excluding carboxylic acids is 4. The molecule has 8 nitrogen and oxygen atoms in total. The van der Waals surface area contributed by atoms with Crippen LogP contribution in [0.15, 0.2) is 0 Å². The van der Waals surface area contributed by atoms with Crippen molar-refractivity contribution < 1.29 is 28.7 Å². The second-order valence-electron chi connectivity index (χ2n) is 5.48. The minimum absolute atomic E-state index is 0.150. The lowest BCUT2D eigenvalue weighted by atomic mass is 10.1. The number of rotatable bonds is 7. The third-order valence-corrected chi connectivity index (χ3v) is 6.53. The van der Waals surface area contributed by atoms with Crippen molar-refractivity contribution in [2.75, 3.05) is 17.2 Å². The molecule has 0 aromatic heterocycles. The molecule has 1 unspecified atom stereocenters. The first kappa shape index (κ1) is 25.3. The number of halogens is 3. The Labute approximate surface area is 203 Å². The number of amides is 2. The second kappa shape index (κ2) is 11.5. The van der Waals surface area contributed by atoms with Crippen molar-refractivity contribution in [1.29, 1.82) is 0 Å². The molecule has 2 amide bonds. The molecule has 1 aromatic rings. The summed E-state index contributed by atoms with van der Waals surface area (Å²) in [5.74, 6) is -2.03. The van der Waals surface area contributed by atoms with Gasteiger partial charge in [-0.05, 0) is 81.1 Å². The fraction of sp³-hybridized carbons (Fsp3) is 0.412. The first-order chi connectivity index (χ1) is 13.0. The summed E-state index contributed by atoms with van der Waals surface area (Å²) >= 11 is 5.85. The van der Waals surface area contributed by atoms with Crippen LogP contribution in [0.1, 0.15) is 44.5 Å². The smallest absolute Gasteiger partial charge is 0.347 e. The summed E-state index contributed by atoms with van der Waals surface area (Å²) < 4.78 is 11.8. The summed E-state index contributed by atoms with van der Waals surface area (Å²) in [4.78, 5) is 48.1. The third kappa shape index (κ3) is 6.40. The summed E-state index contributed by atoms with van der Waals surface area (Å²) in [6.45, 7) is 6.22. The van der Waals surface area contributed by atoms with E-state index in [1.165, 1.54) is 13.8 Å². The van der Waals surface area contributed by atoms with Crippen molar-refractivity contribution in [3.63, 3.8) is 0 Å². The van der Waals surface area contributed by atoms with Crippen LogP contribution in [0.4, 0.5) is 11.4 Å². The number of hydrogen-bond donors (Lipinski definition) is 2. The Morgan fingerprint density at radius 3 is 1.71 bits per heavy atom. The van der Waals surface area contributed by atoms with Crippen molar-refractivity contribution in [2.45, 2.75) is 40.2 Å². The molecule has 154 valence electrons. The maximum atomic E-state index is 12.9. The number of hydrogen-bond acceptors (Lipinski definition) is 6. The first-order valence-electron chi connectivity index (χ1n) is 8.18. The number of nitrogens with one attached hydrogen (secondary N) is 2. The van der Waals surface area contributed by atoms with Gasteiger partial charge in [0, 0.05) is 13.8 Å². The van der Waals surface area contributed by atoms with Gasteiger partial charge in [-0.1, -0.05) is 6.92 Å². The van der Waals surface area contributed by atoms with Crippen LogP contribution in [0.25, 0.3) is 0 Å². The fourth-order valence-electron chi connectivity index (χ4n) is 2.14. The Balaban J connectivity index is 3.50. The molecule has 0 bridgehead atoms. The SMILES string of the molecule is CCOC(=O)C(CC)OC(=O)c1c(I)c(NC(C)=O)c(I)c(NC(C)=O)c1I. The van der Waals surface area contributed by atoms with E-state index in [0.717, 1.165) is 0 Å². The van der Waals surface area contributed by atoms with E-state index in [4.69, 9.17) is 9.47 Å². The van der Waals surface area contributed by atoms with Gasteiger partial charge in [0.15, 0.2) is 6.10 Å². The van der Waals surface area contributed by atoms with Crippen LogP contribution >= 0.6 is 67.8 Å². The van der Waals surface area contributed by atoms with Crippen molar-refractivity contribution >= 4 is 103 Å². The second-order valence-corrected chi connectivity index (χ2v) is 8.72. The Morgan fingerprint density at radius 2 is 1.36 bits per heavy atom. The summed E-state index contributed by atoms with van der Waals surface area (Å²) in [5, 5.41) is 5.36. The Hall–Kier alpha value is -0.710. The van der Waals surface area contributed by atoms with Gasteiger partial charge in [-0.15, -0.1) is 0 Å². The highest BCUT2D eigenvalue weighted by Crippen LogP contribution is 2.39. The van der Waals surface area contributed by atoms with Gasteiger partial charge in [-0.3, -0.25) is 9.59 Å². The highest BCUT2D eigenvalue weighted by molar-refractivity contribution is 14.1. The van der Waals surface area contributed by atoms with Crippen LogP contribution in [0.3, 0.4) is 0 Å². The van der Waals surface area contributed by atoms with Crippen molar-refractivity contribution in [3.8, 4) is 0 Å². The van der Waals surface area contributed by atoms with E-state index in [0.29, 0.717) is 22.1 Å². The van der Waals surface area contributed by atoms with E-state index in [1.807, 2.05) is 67.8 Å². The molecular weight excluding hydrogens is 709 g/mol. The molecule has 1 aromatic carbocycles. The molecule has 2 N–H and O–H groups in total. The van der Waals surface area contributed by atoms with Crippen molar-refractivity contribution in [3.05, 3.63) is 16.3 Å². The van der Waals surface area contributed by atoms with E-state index in [1.54, 1.807) is 13.8 Å². The Morgan fingerprint density at radius 1 is 0.893 bits per heavy atom. The zero-order valence-electron chi connectivity index (χ0n) is 15.6. The fourth-order valence-corrected chi connectivity index (χ4v) is 6.28. The molecule has 0 spiro atoms. The lowest BCUT2D eigenvalue weighted by Crippen LogP contribution is -2.29. The molecule has 1 atom stereocenters. The molecular formula is C17H19I3N2O6. The lowest BCUT2D eigenvalue weighted by molar-refractivity contribution is -0.153. The van der Waals surface area contributed by atoms with Gasteiger partial charge in [-0.2, -0.15) is 0 Å². The zero-order valence-corrected chi connectivity index (χ0v) is 22.0. The van der Waals surface area contributed by atoms with Crippen LogP contribution < -0.4 is 10.6 Å². The number of benzene rings is 1. The van der Waals surface area contributed by atoms with Crippen LogP contribution in [0, 0.1) is 10.7 Å². The van der Waals surface area contributed by atoms with Crippen LogP contribution in [0.5, 0.6) is 0 Å². The van der Waals surface area contributed by atoms with Gasteiger partial charge in [0.05, 0.1) is 34.3 Å². The molecule has 28 heavy (non-hydrogen) atoms. The molecule has 0 aliphatic rings. The summed E-state index contributed by atoms with van der Waals surface area (Å²) in [7, 11) is 0. The van der Waals surface area contributed by atoms with Crippen molar-refractivity contribution in [1.82, 2.24) is 0 Å². The molecule has 0 radical (unpaired) electrons. The standard InChI is InChI=1S/C17H19I3N2O6/c1-5-9(16(25)27-6-2)28-17(26)10-11(18)14(21-7(3)23)13(20)15(12(10)19)22-8(4)24/h9H,5-6H2,1-4H3,(H,21,23)(H,22,24). The topological polar surface area (TPSA) is 111 Å². The van der Waals surface area contributed by atoms with Gasteiger partial charge in [0.25, 0.3) is 0 Å². The predicted octanol–water partition coefficient (Wildman–Crippen LogP) is 3.92. The Bertz CT molecular complexity index is 770. The number of ether oxygens (including phenoxy) is 2. The van der Waals surface area contributed by atoms with Gasteiger partial charge in [0.1, 0.15) is 0 Å². The van der Waals surface area contributed by atoms with Crippen molar-refractivity contribution in [2.24, 2.45) is 0 Å². The minimum atomic E-state index is -1.05. The average molecular weight is 728 g/mol. The van der Waals surface area contributed by atoms with Crippen LogP contribution in [0.2, 0.25) is 0 Å². The van der Waals surface area contributed by atoms with Gasteiger partial charge in [0.2, 0.25) is 11.8 Å². The molecule has 0 aliphatic heterocycles. The maximum absolute atomic E-state index is 12.9. The monoisotopic (exact) mass is 728 g/mol. The quantitative estimate of drug-likeness (QED) is 0.326. The zero-order chi connectivity index (χ0) is 21.6. The highest BCUT2D eigenvalue weighted by atomic mass is 127. The first-order valence-corrected chi connectivity index (χ1v) is 11.4. The number of anilines is 2. The van der Waals surface area contributed by atoms with Gasteiger partial charge >= 0.3 is 11.9 Å². The van der Waals surface area contributed by atoms with E-state index in [9.17, 15) is 19.2 Å². The molecule has 0 aliphatic carbocycles.